The maximum atomic E-state index is 9.56. The average molecular weight is 288 g/mol. The van der Waals surface area contributed by atoms with Gasteiger partial charge in [-0.15, -0.1) is 0 Å². The van der Waals surface area contributed by atoms with Crippen molar-refractivity contribution in [1.82, 2.24) is 0 Å². The van der Waals surface area contributed by atoms with Crippen molar-refractivity contribution in [3.8, 4) is 11.1 Å². The first-order chi connectivity index (χ1) is 10.6. The number of benzene rings is 2. The Hall–Kier alpha value is -2.10. The minimum Gasteiger partial charge on any atom is -0.423 e. The Morgan fingerprint density at radius 1 is 0.955 bits per heavy atom. The van der Waals surface area contributed by atoms with Crippen LogP contribution in [0.4, 0.5) is 0 Å². The molecule has 1 unspecified atom stereocenters. The minimum atomic E-state index is -1.43. The lowest BCUT2D eigenvalue weighted by molar-refractivity contribution is 0.417. The molecule has 22 heavy (non-hydrogen) atoms. The van der Waals surface area contributed by atoms with E-state index in [0.717, 1.165) is 0 Å². The molecule has 0 bridgehead atoms. The summed E-state index contributed by atoms with van der Waals surface area (Å²) in [4.78, 5) is 0. The van der Waals surface area contributed by atoms with Crippen molar-refractivity contribution in [2.75, 3.05) is 0 Å². The van der Waals surface area contributed by atoms with Gasteiger partial charge in [-0.05, 0) is 27.7 Å². The SMILES string of the molecule is C[C@]12C=C(B(O)O)C=CC1c1ccccc1-c1ccccc12. The summed E-state index contributed by atoms with van der Waals surface area (Å²) in [5.74, 6) is 0.209. The number of rotatable bonds is 1. The fraction of sp³-hybridized carbons (Fsp3) is 0.158. The van der Waals surface area contributed by atoms with Crippen LogP contribution in [-0.4, -0.2) is 17.2 Å². The molecule has 0 amide bonds. The lowest BCUT2D eigenvalue weighted by Crippen LogP contribution is -2.35. The van der Waals surface area contributed by atoms with E-state index in [1.807, 2.05) is 12.2 Å². The Morgan fingerprint density at radius 2 is 1.64 bits per heavy atom. The molecule has 0 spiro atoms. The number of hydrogen-bond acceptors (Lipinski definition) is 2. The summed E-state index contributed by atoms with van der Waals surface area (Å²) < 4.78 is 0. The predicted molar refractivity (Wildman–Crippen MR) is 89.4 cm³/mol. The topological polar surface area (TPSA) is 40.5 Å². The molecule has 0 aliphatic heterocycles. The van der Waals surface area contributed by atoms with E-state index in [2.05, 4.69) is 61.5 Å². The molecule has 0 saturated carbocycles. The van der Waals surface area contributed by atoms with Gasteiger partial charge in [0.05, 0.1) is 0 Å². The van der Waals surface area contributed by atoms with Gasteiger partial charge in [0.15, 0.2) is 0 Å². The molecular formula is C19H17BO2. The fourth-order valence-electron chi connectivity index (χ4n) is 3.93. The third-order valence-electron chi connectivity index (χ3n) is 4.99. The van der Waals surface area contributed by atoms with Crippen LogP contribution in [-0.2, 0) is 5.41 Å². The van der Waals surface area contributed by atoms with Crippen LogP contribution in [0.15, 0.2) is 72.2 Å². The Labute approximate surface area is 130 Å². The summed E-state index contributed by atoms with van der Waals surface area (Å²) in [7, 11) is -1.43. The summed E-state index contributed by atoms with van der Waals surface area (Å²) in [5.41, 5.74) is 5.33. The van der Waals surface area contributed by atoms with Crippen LogP contribution < -0.4 is 0 Å². The lowest BCUT2D eigenvalue weighted by Gasteiger charge is -2.43. The number of hydrogen-bond donors (Lipinski definition) is 2. The van der Waals surface area contributed by atoms with Gasteiger partial charge in [0.2, 0.25) is 0 Å². The normalized spacial score (nSPS) is 24.9. The molecule has 2 aliphatic rings. The highest BCUT2D eigenvalue weighted by Gasteiger charge is 2.42. The molecule has 0 radical (unpaired) electrons. The first-order valence-corrected chi connectivity index (χ1v) is 7.57. The van der Waals surface area contributed by atoms with E-state index >= 15 is 0 Å². The summed E-state index contributed by atoms with van der Waals surface area (Å²) in [6.45, 7) is 2.18. The van der Waals surface area contributed by atoms with Crippen LogP contribution in [0.3, 0.4) is 0 Å². The quantitative estimate of drug-likeness (QED) is 0.791. The maximum Gasteiger partial charge on any atom is 0.488 e. The largest absolute Gasteiger partial charge is 0.488 e. The molecule has 4 rings (SSSR count). The number of allylic oxidation sites excluding steroid dienone is 4. The van der Waals surface area contributed by atoms with Crippen LogP contribution in [0.1, 0.15) is 24.0 Å². The standard InChI is InChI=1S/C19H17BO2/c1-19-12-13(20(21)22)10-11-18(19)16-7-3-2-6-14(16)15-8-4-5-9-17(15)19/h2-12,18,21-22H,1H3/t18?,19-/m1/s1. The van der Waals surface area contributed by atoms with E-state index < -0.39 is 7.12 Å². The summed E-state index contributed by atoms with van der Waals surface area (Å²) in [6, 6.07) is 16.9. The van der Waals surface area contributed by atoms with Gasteiger partial charge in [0.25, 0.3) is 0 Å². The van der Waals surface area contributed by atoms with Crippen LogP contribution in [0.5, 0.6) is 0 Å². The summed E-state index contributed by atoms with van der Waals surface area (Å²) in [5, 5.41) is 19.1. The van der Waals surface area contributed by atoms with Crippen molar-refractivity contribution in [3.63, 3.8) is 0 Å². The first kappa shape index (κ1) is 13.6. The molecule has 2 aliphatic carbocycles. The van der Waals surface area contributed by atoms with Gasteiger partial charge in [0.1, 0.15) is 0 Å². The Kier molecular flexibility index (Phi) is 2.90. The Morgan fingerprint density at radius 3 is 2.41 bits per heavy atom. The van der Waals surface area contributed by atoms with Crippen LogP contribution in [0.2, 0.25) is 0 Å². The van der Waals surface area contributed by atoms with Crippen molar-refractivity contribution in [1.29, 1.82) is 0 Å². The molecule has 108 valence electrons. The van der Waals surface area contributed by atoms with Crippen LogP contribution in [0, 0.1) is 0 Å². The fourth-order valence-corrected chi connectivity index (χ4v) is 3.93. The van der Waals surface area contributed by atoms with Crippen LogP contribution in [0.25, 0.3) is 11.1 Å². The molecule has 2 aromatic carbocycles. The predicted octanol–water partition coefficient (Wildman–Crippen LogP) is 3.22. The highest BCUT2D eigenvalue weighted by Crippen LogP contribution is 2.53. The van der Waals surface area contributed by atoms with Gasteiger partial charge >= 0.3 is 7.12 Å². The molecule has 0 aromatic heterocycles. The molecule has 2 aromatic rings. The van der Waals surface area contributed by atoms with E-state index in [1.165, 1.54) is 22.3 Å². The first-order valence-electron chi connectivity index (χ1n) is 7.57. The third-order valence-corrected chi connectivity index (χ3v) is 4.99. The van der Waals surface area contributed by atoms with Crippen molar-refractivity contribution in [2.24, 2.45) is 0 Å². The third kappa shape index (κ3) is 1.76. The molecule has 2 atom stereocenters. The van der Waals surface area contributed by atoms with Gasteiger partial charge in [-0.25, -0.2) is 0 Å². The highest BCUT2D eigenvalue weighted by molar-refractivity contribution is 6.51. The van der Waals surface area contributed by atoms with Crippen molar-refractivity contribution in [2.45, 2.75) is 18.3 Å². The zero-order chi connectivity index (χ0) is 15.3. The van der Waals surface area contributed by atoms with E-state index in [1.54, 1.807) is 0 Å². The number of fused-ring (bicyclic) bond motifs is 6. The van der Waals surface area contributed by atoms with Crippen molar-refractivity contribution < 1.29 is 10.0 Å². The van der Waals surface area contributed by atoms with Crippen LogP contribution >= 0.6 is 0 Å². The second-order valence-electron chi connectivity index (χ2n) is 6.27. The lowest BCUT2D eigenvalue weighted by atomic mass is 9.57. The highest BCUT2D eigenvalue weighted by atomic mass is 16.4. The summed E-state index contributed by atoms with van der Waals surface area (Å²) in [6.07, 6.45) is 5.95. The van der Waals surface area contributed by atoms with E-state index in [4.69, 9.17) is 0 Å². The molecule has 0 fully saturated rings. The Balaban J connectivity index is 2.02. The smallest absolute Gasteiger partial charge is 0.423 e. The van der Waals surface area contributed by atoms with Gasteiger partial charge in [-0.2, -0.15) is 0 Å². The van der Waals surface area contributed by atoms with Gasteiger partial charge in [-0.1, -0.05) is 73.7 Å². The molecule has 0 heterocycles. The van der Waals surface area contributed by atoms with Crippen molar-refractivity contribution >= 4 is 7.12 Å². The van der Waals surface area contributed by atoms with E-state index in [9.17, 15) is 10.0 Å². The molecule has 3 heteroatoms. The maximum absolute atomic E-state index is 9.56. The second-order valence-corrected chi connectivity index (χ2v) is 6.27. The van der Waals surface area contributed by atoms with Gasteiger partial charge < -0.3 is 10.0 Å². The second kappa shape index (κ2) is 4.70. The molecular weight excluding hydrogens is 271 g/mol. The monoisotopic (exact) mass is 288 g/mol. The zero-order valence-corrected chi connectivity index (χ0v) is 12.4. The minimum absolute atomic E-state index is 0.209. The summed E-state index contributed by atoms with van der Waals surface area (Å²) >= 11 is 0. The van der Waals surface area contributed by atoms with Gasteiger partial charge in [-0.3, -0.25) is 0 Å². The van der Waals surface area contributed by atoms with E-state index in [0.29, 0.717) is 5.47 Å². The molecule has 0 saturated heterocycles. The molecule has 2 nitrogen and oxygen atoms in total. The Bertz CT molecular complexity index is 807. The van der Waals surface area contributed by atoms with E-state index in [-0.39, 0.29) is 11.3 Å². The average Bonchev–Trinajstić information content (AvgIpc) is 2.54. The van der Waals surface area contributed by atoms with Crippen molar-refractivity contribution in [3.05, 3.63) is 83.4 Å². The molecule has 2 N–H and O–H groups in total. The zero-order valence-electron chi connectivity index (χ0n) is 12.4. The van der Waals surface area contributed by atoms with Gasteiger partial charge in [0, 0.05) is 11.3 Å².